The summed E-state index contributed by atoms with van der Waals surface area (Å²) in [6, 6.07) is 12.4. The maximum atomic E-state index is 14.1. The number of alkyl halides is 3. The van der Waals surface area contributed by atoms with Crippen molar-refractivity contribution in [1.82, 2.24) is 10.4 Å². The number of nitrogens with zero attached hydrogens (tertiary/aromatic N) is 3. The highest BCUT2D eigenvalue weighted by molar-refractivity contribution is 6.14. The summed E-state index contributed by atoms with van der Waals surface area (Å²) in [4.78, 5) is 50.2. The summed E-state index contributed by atoms with van der Waals surface area (Å²) in [5.74, 6) is -3.61. The van der Waals surface area contributed by atoms with Crippen molar-refractivity contribution in [3.05, 3.63) is 59.7 Å². The van der Waals surface area contributed by atoms with Crippen molar-refractivity contribution in [2.75, 3.05) is 29.9 Å². The van der Waals surface area contributed by atoms with E-state index in [1.165, 1.54) is 11.0 Å². The molecular formula is C28H32F3N5O4. The Morgan fingerprint density at radius 3 is 2.50 bits per heavy atom. The highest BCUT2D eigenvalue weighted by Crippen LogP contribution is 2.33. The number of hydrogen-bond donors (Lipinski definition) is 2. The Morgan fingerprint density at radius 2 is 1.85 bits per heavy atom. The lowest BCUT2D eigenvalue weighted by Crippen LogP contribution is -2.53. The zero-order valence-electron chi connectivity index (χ0n) is 22.5. The zero-order chi connectivity index (χ0) is 29.0. The fraction of sp³-hybridized carbons (Fsp3) is 0.429. The number of hydroxylamine groups is 2. The second-order valence-electron chi connectivity index (χ2n) is 10.3. The van der Waals surface area contributed by atoms with E-state index >= 15 is 0 Å². The van der Waals surface area contributed by atoms with Crippen LogP contribution in [-0.2, 0) is 14.4 Å². The molecule has 0 aliphatic carbocycles. The van der Waals surface area contributed by atoms with Crippen molar-refractivity contribution in [1.29, 1.82) is 0 Å². The monoisotopic (exact) mass is 559 g/mol. The predicted molar refractivity (Wildman–Crippen MR) is 144 cm³/mol. The Kier molecular flexibility index (Phi) is 8.77. The Hall–Kier alpha value is -3.93. The first kappa shape index (κ1) is 29.1. The molecule has 214 valence electrons. The molecule has 4 rings (SSSR count). The van der Waals surface area contributed by atoms with E-state index in [9.17, 15) is 27.6 Å². The molecule has 1 atom stereocenters. The number of carbonyl (C=O) groups is 3. The minimum atomic E-state index is -5.42. The third kappa shape index (κ3) is 6.61. The summed E-state index contributed by atoms with van der Waals surface area (Å²) in [5, 5.41) is 5.82. The summed E-state index contributed by atoms with van der Waals surface area (Å²) in [6.07, 6.45) is -5.99. The Bertz CT molecular complexity index is 1290. The second-order valence-corrected chi connectivity index (χ2v) is 10.3. The highest BCUT2D eigenvalue weighted by Gasteiger charge is 2.47. The molecule has 2 heterocycles. The van der Waals surface area contributed by atoms with E-state index in [0.29, 0.717) is 42.9 Å². The van der Waals surface area contributed by atoms with Crippen molar-refractivity contribution in [3.8, 4) is 0 Å². The summed E-state index contributed by atoms with van der Waals surface area (Å²) < 4.78 is 40.1. The SMILES string of the molecule is Cc1cccc(NC(=O)N(OC(=O)C(F)(F)F)C2N=C(C3CCNCC3)c3ccccc3N(CC(C)C)C2=O)c1. The molecule has 9 nitrogen and oxygen atoms in total. The third-order valence-corrected chi connectivity index (χ3v) is 6.60. The molecule has 2 aliphatic heterocycles. The molecule has 2 aromatic rings. The van der Waals surface area contributed by atoms with E-state index < -0.39 is 30.2 Å². The third-order valence-electron chi connectivity index (χ3n) is 6.60. The standard InChI is InChI=1S/C28H32F3N5O4/c1-17(2)16-35-22-10-5-4-9-21(22)23(19-11-13-32-14-12-19)34-24(25(35)37)36(40-26(38)28(29,30)31)27(39)33-20-8-6-7-18(3)15-20/h4-10,15,17,19,24,32H,11-14,16H2,1-3H3,(H,33,39). The number of aryl methyl sites for hydroxylation is 1. The number of benzene rings is 2. The molecule has 1 fully saturated rings. The van der Waals surface area contributed by atoms with Gasteiger partial charge < -0.3 is 20.4 Å². The maximum Gasteiger partial charge on any atom is 0.493 e. The molecular weight excluding hydrogens is 527 g/mol. The lowest BCUT2D eigenvalue weighted by atomic mass is 9.88. The first-order valence-corrected chi connectivity index (χ1v) is 13.1. The van der Waals surface area contributed by atoms with Gasteiger partial charge in [0.1, 0.15) is 0 Å². The average Bonchev–Trinajstić information content (AvgIpc) is 3.02. The number of amides is 3. The first-order valence-electron chi connectivity index (χ1n) is 13.1. The molecule has 0 aromatic heterocycles. The number of fused-ring (bicyclic) bond motifs is 1. The Morgan fingerprint density at radius 1 is 1.15 bits per heavy atom. The van der Waals surface area contributed by atoms with Gasteiger partial charge in [-0.2, -0.15) is 13.2 Å². The van der Waals surface area contributed by atoms with E-state index in [1.54, 1.807) is 49.4 Å². The van der Waals surface area contributed by atoms with Crippen LogP contribution < -0.4 is 15.5 Å². The fourth-order valence-electron chi connectivity index (χ4n) is 4.81. The van der Waals surface area contributed by atoms with Gasteiger partial charge >= 0.3 is 18.2 Å². The van der Waals surface area contributed by atoms with Crippen LogP contribution in [0.5, 0.6) is 0 Å². The van der Waals surface area contributed by atoms with E-state index in [-0.39, 0.29) is 29.1 Å². The van der Waals surface area contributed by atoms with Crippen LogP contribution in [0.1, 0.15) is 37.8 Å². The molecule has 1 saturated heterocycles. The van der Waals surface area contributed by atoms with Crippen LogP contribution >= 0.6 is 0 Å². The number of benzodiazepines with no additional fused rings is 1. The molecule has 0 bridgehead atoms. The number of rotatable bonds is 5. The highest BCUT2D eigenvalue weighted by atomic mass is 19.4. The van der Waals surface area contributed by atoms with Gasteiger partial charge in [-0.3, -0.25) is 9.79 Å². The van der Waals surface area contributed by atoms with E-state index in [4.69, 9.17) is 0 Å². The fourth-order valence-corrected chi connectivity index (χ4v) is 4.81. The van der Waals surface area contributed by atoms with E-state index in [1.807, 2.05) is 13.8 Å². The summed E-state index contributed by atoms with van der Waals surface area (Å²) >= 11 is 0. The smallest absolute Gasteiger partial charge is 0.325 e. The number of aliphatic imine (C=N–C) groups is 1. The molecule has 0 saturated carbocycles. The minimum Gasteiger partial charge on any atom is -0.325 e. The Labute approximate surface area is 230 Å². The number of para-hydroxylation sites is 1. The van der Waals surface area contributed by atoms with Crippen LogP contribution in [0.2, 0.25) is 0 Å². The average molecular weight is 560 g/mol. The van der Waals surface area contributed by atoms with Gasteiger partial charge in [0.25, 0.3) is 5.91 Å². The van der Waals surface area contributed by atoms with Crippen LogP contribution in [0, 0.1) is 18.8 Å². The minimum absolute atomic E-state index is 0.0367. The van der Waals surface area contributed by atoms with Crippen molar-refractivity contribution >= 4 is 35.0 Å². The summed E-state index contributed by atoms with van der Waals surface area (Å²) in [5.41, 5.74) is 2.66. The van der Waals surface area contributed by atoms with E-state index in [2.05, 4.69) is 20.5 Å². The molecule has 12 heteroatoms. The van der Waals surface area contributed by atoms with Crippen molar-refractivity contribution in [3.63, 3.8) is 0 Å². The molecule has 1 unspecified atom stereocenters. The van der Waals surface area contributed by atoms with Gasteiger partial charge in [0.15, 0.2) is 0 Å². The van der Waals surface area contributed by atoms with Crippen LogP contribution in [0.4, 0.5) is 29.3 Å². The summed E-state index contributed by atoms with van der Waals surface area (Å²) in [7, 11) is 0. The molecule has 40 heavy (non-hydrogen) atoms. The number of nitrogens with one attached hydrogen (secondary N) is 2. The maximum absolute atomic E-state index is 14.1. The second kappa shape index (κ2) is 12.1. The number of urea groups is 1. The molecule has 2 aromatic carbocycles. The van der Waals surface area contributed by atoms with Crippen molar-refractivity contribution in [2.45, 2.75) is 46.0 Å². The predicted octanol–water partition coefficient (Wildman–Crippen LogP) is 4.67. The first-order chi connectivity index (χ1) is 19.0. The molecule has 3 amide bonds. The molecule has 0 spiro atoms. The van der Waals surface area contributed by atoms with Crippen molar-refractivity contribution in [2.24, 2.45) is 16.8 Å². The largest absolute Gasteiger partial charge is 0.493 e. The van der Waals surface area contributed by atoms with Gasteiger partial charge in [0.05, 0.1) is 11.4 Å². The van der Waals surface area contributed by atoms with Crippen LogP contribution in [-0.4, -0.2) is 60.7 Å². The van der Waals surface area contributed by atoms with E-state index in [0.717, 1.165) is 5.56 Å². The molecule has 2 aliphatic rings. The lowest BCUT2D eigenvalue weighted by Gasteiger charge is -2.31. The van der Waals surface area contributed by atoms with Crippen LogP contribution in [0.15, 0.2) is 53.5 Å². The van der Waals surface area contributed by atoms with Crippen molar-refractivity contribution < 1.29 is 32.4 Å². The number of carbonyl (C=O) groups excluding carboxylic acids is 3. The zero-order valence-corrected chi connectivity index (χ0v) is 22.5. The van der Waals surface area contributed by atoms with Gasteiger partial charge in [-0.25, -0.2) is 9.59 Å². The van der Waals surface area contributed by atoms with Gasteiger partial charge in [-0.15, -0.1) is 5.06 Å². The molecule has 0 radical (unpaired) electrons. The van der Waals surface area contributed by atoms with Crippen LogP contribution in [0.25, 0.3) is 0 Å². The van der Waals surface area contributed by atoms with Gasteiger partial charge in [-0.05, 0) is 62.5 Å². The quantitative estimate of drug-likeness (QED) is 0.519. The molecule has 2 N–H and O–H groups in total. The van der Waals surface area contributed by atoms with Gasteiger partial charge in [-0.1, -0.05) is 44.2 Å². The lowest BCUT2D eigenvalue weighted by molar-refractivity contribution is -0.231. The number of piperidine rings is 1. The number of halogens is 3. The number of anilines is 2. The van der Waals surface area contributed by atoms with Gasteiger partial charge in [0.2, 0.25) is 6.17 Å². The van der Waals surface area contributed by atoms with Crippen LogP contribution in [0.3, 0.4) is 0 Å². The Balaban J connectivity index is 1.85. The topological polar surface area (TPSA) is 103 Å². The van der Waals surface area contributed by atoms with Gasteiger partial charge in [0, 0.05) is 23.7 Å². The number of hydrogen-bond acceptors (Lipinski definition) is 6. The summed E-state index contributed by atoms with van der Waals surface area (Å²) in [6.45, 7) is 7.10. The normalized spacial score (nSPS) is 18.1.